The zero-order chi connectivity index (χ0) is 30.9. The van der Waals surface area contributed by atoms with Crippen molar-refractivity contribution in [3.63, 3.8) is 0 Å². The predicted molar refractivity (Wildman–Crippen MR) is 156 cm³/mol. The average Bonchev–Trinajstić information content (AvgIpc) is 3.00. The highest BCUT2D eigenvalue weighted by molar-refractivity contribution is 6.38. The Hall–Kier alpha value is -4.38. The molecule has 2 aromatic rings. The quantitative estimate of drug-likeness (QED) is 0.157. The number of aryl methyl sites for hydroxylation is 1. The number of ether oxygens (including phenoxy) is 4. The number of nitrogens with one attached hydrogen (secondary N) is 1. The molecule has 0 aliphatic carbocycles. The Kier molecular flexibility index (Phi) is 11.1. The van der Waals surface area contributed by atoms with Crippen LogP contribution in [0.2, 0.25) is 0 Å². The molecule has 11 heteroatoms. The third kappa shape index (κ3) is 8.10. The topological polar surface area (TPSA) is 146 Å². The number of anilines is 1. The van der Waals surface area contributed by atoms with Gasteiger partial charge in [-0.25, -0.2) is 9.59 Å². The van der Waals surface area contributed by atoms with E-state index in [1.165, 1.54) is 18.7 Å². The fourth-order valence-corrected chi connectivity index (χ4v) is 4.56. The van der Waals surface area contributed by atoms with Crippen molar-refractivity contribution in [2.75, 3.05) is 46.2 Å². The van der Waals surface area contributed by atoms with Crippen LogP contribution in [0.1, 0.15) is 37.5 Å². The van der Waals surface area contributed by atoms with E-state index in [1.807, 2.05) is 24.3 Å². The molecule has 1 aliphatic rings. The van der Waals surface area contributed by atoms with Crippen LogP contribution in [0, 0.1) is 5.41 Å². The van der Waals surface area contributed by atoms with E-state index in [9.17, 15) is 19.2 Å². The van der Waals surface area contributed by atoms with Crippen LogP contribution in [0.5, 0.6) is 11.5 Å². The third-order valence-corrected chi connectivity index (χ3v) is 7.01. The maximum absolute atomic E-state index is 13.6. The van der Waals surface area contributed by atoms with Gasteiger partial charge in [0.05, 0.1) is 19.6 Å². The lowest BCUT2D eigenvalue weighted by Gasteiger charge is -2.36. The molecule has 0 spiro atoms. The summed E-state index contributed by atoms with van der Waals surface area (Å²) in [4.78, 5) is 52.8. The largest absolute Gasteiger partial charge is 0.493 e. The van der Waals surface area contributed by atoms with Gasteiger partial charge in [0.25, 0.3) is 5.91 Å². The zero-order valence-corrected chi connectivity index (χ0v) is 24.5. The summed E-state index contributed by atoms with van der Waals surface area (Å²) >= 11 is 0. The number of Topliss-reactive ketones (excluding diaryl/α,β-unsaturated/α-hetero) is 1. The molecule has 2 aromatic carbocycles. The molecule has 11 nitrogen and oxygen atoms in total. The number of carbonyl (C=O) groups is 4. The number of nitrogen functional groups attached to an aromatic ring is 1. The minimum atomic E-state index is -1.31. The Labute approximate surface area is 245 Å². The van der Waals surface area contributed by atoms with E-state index in [0.717, 1.165) is 11.6 Å². The fourth-order valence-electron chi connectivity index (χ4n) is 4.56. The van der Waals surface area contributed by atoms with Crippen LogP contribution in [0.15, 0.2) is 55.1 Å². The van der Waals surface area contributed by atoms with E-state index in [4.69, 9.17) is 24.7 Å². The van der Waals surface area contributed by atoms with Crippen LogP contribution in [0.25, 0.3) is 0 Å². The SMILES string of the molecule is C=CC(=O)OCC(C)(C)C(=O)C(=O)N1CCNCC1C(=O)O[C@H](CCc1ccc(OC)c(OC)c1)c1cccc(N)c1. The van der Waals surface area contributed by atoms with Crippen LogP contribution < -0.4 is 20.5 Å². The summed E-state index contributed by atoms with van der Waals surface area (Å²) in [7, 11) is 3.12. The van der Waals surface area contributed by atoms with Gasteiger partial charge >= 0.3 is 11.9 Å². The standard InChI is InChI=1S/C31H39N3O8/c1-6-27(35)41-19-31(2,3)28(36)29(37)34-15-14-33-18-23(34)30(38)42-24(21-8-7-9-22(32)17-21)12-10-20-11-13-25(39-4)26(16-20)40-5/h6-9,11,13,16-17,23-24,33H,1,10,12,14-15,18-19,32H2,2-5H3/t23?,24-/m1/s1. The highest BCUT2D eigenvalue weighted by Crippen LogP contribution is 2.31. The van der Waals surface area contributed by atoms with Gasteiger partial charge in [-0.05, 0) is 62.1 Å². The van der Waals surface area contributed by atoms with Crippen molar-refractivity contribution in [1.29, 1.82) is 0 Å². The Bertz CT molecular complexity index is 1310. The Morgan fingerprint density at radius 2 is 1.86 bits per heavy atom. The van der Waals surface area contributed by atoms with Gasteiger partial charge in [-0.1, -0.05) is 24.8 Å². The molecule has 3 rings (SSSR count). The number of methoxy groups -OCH3 is 2. The predicted octanol–water partition coefficient (Wildman–Crippen LogP) is 2.63. The molecule has 1 saturated heterocycles. The lowest BCUT2D eigenvalue weighted by atomic mass is 9.88. The first kappa shape index (κ1) is 32.1. The van der Waals surface area contributed by atoms with E-state index in [2.05, 4.69) is 11.9 Å². The molecule has 0 saturated carbocycles. The van der Waals surface area contributed by atoms with E-state index in [1.54, 1.807) is 32.4 Å². The molecule has 0 aromatic heterocycles. The van der Waals surface area contributed by atoms with Gasteiger partial charge in [-0.3, -0.25) is 9.59 Å². The molecule has 1 amide bonds. The maximum Gasteiger partial charge on any atom is 0.330 e. The van der Waals surface area contributed by atoms with Crippen LogP contribution in [-0.4, -0.2) is 75.0 Å². The monoisotopic (exact) mass is 581 g/mol. The molecule has 1 unspecified atom stereocenters. The van der Waals surface area contributed by atoms with Crippen LogP contribution >= 0.6 is 0 Å². The van der Waals surface area contributed by atoms with Crippen LogP contribution in [0.3, 0.4) is 0 Å². The summed E-state index contributed by atoms with van der Waals surface area (Å²) in [5, 5.41) is 3.10. The van der Waals surface area contributed by atoms with Crippen molar-refractivity contribution in [3.05, 3.63) is 66.2 Å². The first-order valence-corrected chi connectivity index (χ1v) is 13.6. The first-order valence-electron chi connectivity index (χ1n) is 13.6. The number of ketones is 1. The average molecular weight is 582 g/mol. The van der Waals surface area contributed by atoms with Gasteiger partial charge in [0.2, 0.25) is 5.78 Å². The van der Waals surface area contributed by atoms with Gasteiger partial charge in [0, 0.05) is 31.4 Å². The molecule has 0 bridgehead atoms. The van der Waals surface area contributed by atoms with Crippen LogP contribution in [0.4, 0.5) is 5.69 Å². The highest BCUT2D eigenvalue weighted by atomic mass is 16.5. The summed E-state index contributed by atoms with van der Waals surface area (Å²) in [6, 6.07) is 11.6. The Morgan fingerprint density at radius 1 is 1.12 bits per heavy atom. The second kappa shape index (κ2) is 14.5. The van der Waals surface area contributed by atoms with E-state index in [0.29, 0.717) is 42.1 Å². The molecular formula is C31H39N3O8. The van der Waals surface area contributed by atoms with Crippen molar-refractivity contribution < 1.29 is 38.1 Å². The molecule has 0 radical (unpaired) electrons. The van der Waals surface area contributed by atoms with Crippen molar-refractivity contribution in [2.45, 2.75) is 38.8 Å². The molecule has 1 heterocycles. The molecule has 3 N–H and O–H groups in total. The van der Waals surface area contributed by atoms with Gasteiger partial charge in [-0.15, -0.1) is 0 Å². The normalized spacial score (nSPS) is 15.7. The molecule has 1 aliphatic heterocycles. The summed E-state index contributed by atoms with van der Waals surface area (Å²) in [6.45, 7) is 6.66. The van der Waals surface area contributed by atoms with Crippen molar-refractivity contribution in [3.8, 4) is 11.5 Å². The minimum Gasteiger partial charge on any atom is -0.493 e. The smallest absolute Gasteiger partial charge is 0.330 e. The van der Waals surface area contributed by atoms with Crippen molar-refractivity contribution >= 4 is 29.3 Å². The summed E-state index contributed by atoms with van der Waals surface area (Å²) in [6.07, 6.45) is 1.25. The summed E-state index contributed by atoms with van der Waals surface area (Å²) in [5.74, 6) is -1.79. The highest BCUT2D eigenvalue weighted by Gasteiger charge is 2.42. The number of nitrogens with zero attached hydrogens (tertiary/aromatic N) is 1. The number of hydrogen-bond acceptors (Lipinski definition) is 10. The van der Waals surface area contributed by atoms with Crippen LogP contribution in [-0.2, 0) is 35.1 Å². The third-order valence-electron chi connectivity index (χ3n) is 7.01. The number of benzene rings is 2. The van der Waals surface area contributed by atoms with Crippen molar-refractivity contribution in [2.24, 2.45) is 5.41 Å². The van der Waals surface area contributed by atoms with Gasteiger partial charge in [0.15, 0.2) is 11.5 Å². The molecule has 2 atom stereocenters. The lowest BCUT2D eigenvalue weighted by Crippen LogP contribution is -2.60. The summed E-state index contributed by atoms with van der Waals surface area (Å²) < 4.78 is 21.8. The Balaban J connectivity index is 1.79. The fraction of sp³-hybridized carbons (Fsp3) is 0.419. The second-order valence-electron chi connectivity index (χ2n) is 10.6. The number of nitrogens with two attached hydrogens (primary N) is 1. The first-order chi connectivity index (χ1) is 20.0. The number of amides is 1. The van der Waals surface area contributed by atoms with Crippen molar-refractivity contribution in [1.82, 2.24) is 10.2 Å². The van der Waals surface area contributed by atoms with E-state index in [-0.39, 0.29) is 19.7 Å². The summed E-state index contributed by atoms with van der Waals surface area (Å²) in [5.41, 5.74) is 6.88. The zero-order valence-electron chi connectivity index (χ0n) is 24.5. The van der Waals surface area contributed by atoms with Gasteiger partial charge < -0.3 is 34.9 Å². The van der Waals surface area contributed by atoms with E-state index < -0.39 is 41.2 Å². The molecular weight excluding hydrogens is 542 g/mol. The Morgan fingerprint density at radius 3 is 2.52 bits per heavy atom. The molecule has 1 fully saturated rings. The number of carbonyl (C=O) groups excluding carboxylic acids is 4. The number of hydrogen-bond donors (Lipinski definition) is 2. The number of rotatable bonds is 13. The molecule has 42 heavy (non-hydrogen) atoms. The number of piperazine rings is 1. The lowest BCUT2D eigenvalue weighted by molar-refractivity contribution is -0.164. The molecule has 226 valence electrons. The van der Waals surface area contributed by atoms with E-state index >= 15 is 0 Å². The second-order valence-corrected chi connectivity index (χ2v) is 10.6. The van der Waals surface area contributed by atoms with Gasteiger partial charge in [0.1, 0.15) is 18.8 Å². The maximum atomic E-state index is 13.6. The number of esters is 2. The minimum absolute atomic E-state index is 0.114. The van der Waals surface area contributed by atoms with Gasteiger partial charge in [-0.2, -0.15) is 0 Å².